The summed E-state index contributed by atoms with van der Waals surface area (Å²) in [7, 11) is -9.64. The van der Waals surface area contributed by atoms with Crippen LogP contribution in [0.4, 0.5) is 25.1 Å². The fourth-order valence-electron chi connectivity index (χ4n) is 1.11. The predicted molar refractivity (Wildman–Crippen MR) is 63.0 cm³/mol. The Morgan fingerprint density at radius 2 is 1.71 bits per heavy atom. The maximum Gasteiger partial charge on any atom is 0.362 e. The van der Waals surface area contributed by atoms with E-state index >= 15 is 0 Å². The Kier molecular flexibility index (Phi) is 3.72. The molecule has 0 aliphatic carbocycles. The van der Waals surface area contributed by atoms with Crippen molar-refractivity contribution in [1.82, 2.24) is 0 Å². The van der Waals surface area contributed by atoms with Gasteiger partial charge in [0.2, 0.25) is 0 Å². The second-order valence-corrected chi connectivity index (χ2v) is 5.63. The summed E-state index contributed by atoms with van der Waals surface area (Å²) in [6.07, 6.45) is 0. The zero-order valence-electron chi connectivity index (χ0n) is 8.67. The van der Waals surface area contributed by atoms with Crippen molar-refractivity contribution in [3.63, 3.8) is 0 Å². The molecule has 2 nitrogen and oxygen atoms in total. The Hall–Kier alpha value is -0.730. The van der Waals surface area contributed by atoms with E-state index in [0.717, 1.165) is 12.1 Å². The van der Waals surface area contributed by atoms with Crippen LogP contribution >= 0.6 is 22.8 Å². The van der Waals surface area contributed by atoms with Gasteiger partial charge in [0, 0.05) is 6.04 Å². The summed E-state index contributed by atoms with van der Waals surface area (Å²) in [5.74, 6) is 0. The molecule has 0 spiro atoms. The summed E-state index contributed by atoms with van der Waals surface area (Å²) in [6.45, 7) is 1.54. The second-order valence-electron chi connectivity index (χ2n) is 3.49. The quantitative estimate of drug-likeness (QED) is 0.790. The molecular formula is C8H12ClF5N2S. The molecule has 1 unspecified atom stereocenters. The fraction of sp³-hybridized carbons (Fsp3) is 0.250. The van der Waals surface area contributed by atoms with Crippen molar-refractivity contribution >= 4 is 28.5 Å². The van der Waals surface area contributed by atoms with Gasteiger partial charge in [0.05, 0.1) is 5.69 Å². The van der Waals surface area contributed by atoms with Gasteiger partial charge in [-0.3, -0.25) is 4.72 Å². The van der Waals surface area contributed by atoms with Crippen molar-refractivity contribution in [2.75, 3.05) is 4.72 Å². The van der Waals surface area contributed by atoms with Crippen LogP contribution in [0.5, 0.6) is 0 Å². The highest BCUT2D eigenvalue weighted by Crippen LogP contribution is 2.96. The SMILES string of the molecule is CC(N)c1cccc(NS(F)(F)(F)(F)F)c1.Cl. The Balaban J connectivity index is 0.00000256. The third kappa shape index (κ3) is 6.54. The summed E-state index contributed by atoms with van der Waals surface area (Å²) in [4.78, 5) is 0. The van der Waals surface area contributed by atoms with Crippen molar-refractivity contribution in [2.24, 2.45) is 5.73 Å². The van der Waals surface area contributed by atoms with Crippen LogP contribution in [-0.4, -0.2) is 0 Å². The average Bonchev–Trinajstić information content (AvgIpc) is 1.98. The van der Waals surface area contributed by atoms with Gasteiger partial charge in [0.1, 0.15) is 0 Å². The summed E-state index contributed by atoms with van der Waals surface area (Å²) in [6, 6.07) is 4.01. The first kappa shape index (κ1) is 16.3. The standard InChI is InChI=1S/C8H11F5N2S.ClH/c1-6(14)7-3-2-4-8(5-7)15-16(9,10,11,12)13;/h2-6,15H,14H2,1H3;1H. The number of rotatable bonds is 3. The molecule has 3 N–H and O–H groups in total. The van der Waals surface area contributed by atoms with Crippen molar-refractivity contribution in [1.29, 1.82) is 0 Å². The monoisotopic (exact) mass is 298 g/mol. The molecule has 0 aliphatic heterocycles. The lowest BCUT2D eigenvalue weighted by Crippen LogP contribution is -2.17. The zero-order chi connectivity index (χ0) is 12.7. The molecule has 0 fully saturated rings. The van der Waals surface area contributed by atoms with E-state index in [9.17, 15) is 19.4 Å². The second kappa shape index (κ2) is 3.89. The van der Waals surface area contributed by atoms with E-state index in [0.29, 0.717) is 10.3 Å². The van der Waals surface area contributed by atoms with Gasteiger partial charge in [-0.15, -0.1) is 12.4 Å². The Morgan fingerprint density at radius 1 is 1.18 bits per heavy atom. The molecule has 1 aromatic carbocycles. The predicted octanol–water partition coefficient (Wildman–Crippen LogP) is 4.75. The Bertz CT molecular complexity index is 405. The summed E-state index contributed by atoms with van der Waals surface area (Å²) < 4.78 is 60.8. The van der Waals surface area contributed by atoms with E-state index in [-0.39, 0.29) is 12.4 Å². The van der Waals surface area contributed by atoms with Gasteiger partial charge in [-0.2, -0.15) is 0 Å². The van der Waals surface area contributed by atoms with Crippen LogP contribution < -0.4 is 10.5 Å². The van der Waals surface area contributed by atoms with Gasteiger partial charge >= 0.3 is 10.4 Å². The van der Waals surface area contributed by atoms with Crippen LogP contribution in [0.25, 0.3) is 0 Å². The highest BCUT2D eigenvalue weighted by Gasteiger charge is 2.63. The molecule has 9 heteroatoms. The Labute approximate surface area is 102 Å². The van der Waals surface area contributed by atoms with Crippen LogP contribution in [0.3, 0.4) is 0 Å². The number of nitrogens with one attached hydrogen (secondary N) is 1. The molecule has 0 aromatic heterocycles. The largest absolute Gasteiger partial charge is 0.362 e. The minimum atomic E-state index is -9.64. The van der Waals surface area contributed by atoms with Gasteiger partial charge in [0.15, 0.2) is 0 Å². The number of benzene rings is 1. The van der Waals surface area contributed by atoms with E-state index in [1.54, 1.807) is 6.92 Å². The van der Waals surface area contributed by atoms with E-state index in [1.807, 2.05) is 0 Å². The lowest BCUT2D eigenvalue weighted by Gasteiger charge is -2.41. The normalized spacial score (nSPS) is 17.4. The molecule has 102 valence electrons. The number of halogens is 6. The number of hydrogen-bond donors (Lipinski definition) is 2. The minimum Gasteiger partial charge on any atom is -0.324 e. The third-order valence-electron chi connectivity index (χ3n) is 1.72. The van der Waals surface area contributed by atoms with E-state index < -0.39 is 22.1 Å². The third-order valence-corrected chi connectivity index (χ3v) is 2.34. The molecule has 1 rings (SSSR count). The van der Waals surface area contributed by atoms with Crippen molar-refractivity contribution in [3.05, 3.63) is 29.8 Å². The molecule has 0 radical (unpaired) electrons. The molecule has 0 amide bonds. The van der Waals surface area contributed by atoms with Crippen molar-refractivity contribution in [2.45, 2.75) is 13.0 Å². The van der Waals surface area contributed by atoms with Crippen LogP contribution in [0.2, 0.25) is 0 Å². The van der Waals surface area contributed by atoms with Crippen LogP contribution in [0.1, 0.15) is 18.5 Å². The Morgan fingerprint density at radius 3 is 2.12 bits per heavy atom. The molecular weight excluding hydrogens is 287 g/mol. The van der Waals surface area contributed by atoms with Gasteiger partial charge < -0.3 is 5.73 Å². The summed E-state index contributed by atoms with van der Waals surface area (Å²) >= 11 is 0. The number of hydrogen-bond acceptors (Lipinski definition) is 2. The van der Waals surface area contributed by atoms with E-state index in [1.165, 1.54) is 12.1 Å². The summed E-state index contributed by atoms with van der Waals surface area (Å²) in [5, 5.41) is 0. The first-order valence-electron chi connectivity index (χ1n) is 4.25. The molecule has 1 atom stereocenters. The smallest absolute Gasteiger partial charge is 0.324 e. The van der Waals surface area contributed by atoms with Gasteiger partial charge in [-0.25, -0.2) is 0 Å². The van der Waals surface area contributed by atoms with Crippen molar-refractivity contribution in [3.8, 4) is 0 Å². The molecule has 0 aliphatic rings. The molecule has 0 heterocycles. The van der Waals surface area contributed by atoms with Crippen LogP contribution in [-0.2, 0) is 0 Å². The van der Waals surface area contributed by atoms with Crippen LogP contribution in [0, 0.1) is 0 Å². The van der Waals surface area contributed by atoms with Gasteiger partial charge in [-0.1, -0.05) is 31.6 Å². The average molecular weight is 299 g/mol. The van der Waals surface area contributed by atoms with Crippen LogP contribution in [0.15, 0.2) is 24.3 Å². The van der Waals surface area contributed by atoms with E-state index in [4.69, 9.17) is 5.73 Å². The molecule has 0 saturated carbocycles. The zero-order valence-corrected chi connectivity index (χ0v) is 10.3. The van der Waals surface area contributed by atoms with Gasteiger partial charge in [-0.05, 0) is 24.6 Å². The number of anilines is 1. The highest BCUT2D eigenvalue weighted by atomic mass is 35.5. The lowest BCUT2D eigenvalue weighted by atomic mass is 10.1. The first-order chi connectivity index (χ1) is 6.86. The maximum absolute atomic E-state index is 12.1. The van der Waals surface area contributed by atoms with E-state index in [2.05, 4.69) is 0 Å². The van der Waals surface area contributed by atoms with Crippen molar-refractivity contribution < 1.29 is 19.4 Å². The lowest BCUT2D eigenvalue weighted by molar-refractivity contribution is 0.375. The first-order valence-corrected chi connectivity index (χ1v) is 6.20. The maximum atomic E-state index is 12.1. The number of nitrogens with two attached hydrogens (primary N) is 1. The molecule has 17 heavy (non-hydrogen) atoms. The minimum absolute atomic E-state index is 0. The highest BCUT2D eigenvalue weighted by molar-refractivity contribution is 8.46. The summed E-state index contributed by atoms with van der Waals surface area (Å²) in [5.41, 5.74) is 5.05. The molecule has 0 saturated heterocycles. The molecule has 1 aromatic rings. The topological polar surface area (TPSA) is 38.0 Å². The molecule has 0 bridgehead atoms. The fourth-order valence-corrected chi connectivity index (χ4v) is 1.68. The van der Waals surface area contributed by atoms with Gasteiger partial charge in [0.25, 0.3) is 0 Å².